The van der Waals surface area contributed by atoms with E-state index in [0.29, 0.717) is 12.1 Å². The lowest BCUT2D eigenvalue weighted by molar-refractivity contribution is 0.102. The highest BCUT2D eigenvalue weighted by Crippen LogP contribution is 2.30. The molecular weight excluding hydrogens is 358 g/mol. The Morgan fingerprint density at radius 3 is 2.63 bits per heavy atom. The van der Waals surface area contributed by atoms with Crippen LogP contribution in [0, 0.1) is 0 Å². The number of nitrogen functional groups attached to an aromatic ring is 1. The molecule has 27 heavy (non-hydrogen) atoms. The molecule has 1 amide bonds. The summed E-state index contributed by atoms with van der Waals surface area (Å²) < 4.78 is 5.08. The van der Waals surface area contributed by atoms with Crippen molar-refractivity contribution in [2.24, 2.45) is 0 Å². The minimum atomic E-state index is -0.338. The quantitative estimate of drug-likeness (QED) is 0.523. The Morgan fingerprint density at radius 1 is 1.07 bits per heavy atom. The maximum absolute atomic E-state index is 12.9. The van der Waals surface area contributed by atoms with Crippen molar-refractivity contribution < 1.29 is 9.32 Å². The topological polar surface area (TPSA) is 81.2 Å². The molecule has 4 rings (SSSR count). The SMILES string of the molecule is Nc1onc(-c2ccsc2)c1C(=O)Nc1ccccc1Cc1ccccc1. The van der Waals surface area contributed by atoms with Crippen LogP contribution in [0.2, 0.25) is 0 Å². The van der Waals surface area contributed by atoms with E-state index in [1.165, 1.54) is 16.9 Å². The number of aromatic nitrogens is 1. The molecule has 0 unspecified atom stereocenters. The summed E-state index contributed by atoms with van der Waals surface area (Å²) in [7, 11) is 0. The minimum Gasteiger partial charge on any atom is -0.367 e. The predicted octanol–water partition coefficient (Wildman–Crippen LogP) is 4.83. The van der Waals surface area contributed by atoms with Crippen LogP contribution in [-0.4, -0.2) is 11.1 Å². The molecular formula is C21H17N3O2S. The van der Waals surface area contributed by atoms with Crippen LogP contribution in [0.15, 0.2) is 75.9 Å². The minimum absolute atomic E-state index is 0.00856. The summed E-state index contributed by atoms with van der Waals surface area (Å²) >= 11 is 1.52. The van der Waals surface area contributed by atoms with E-state index in [-0.39, 0.29) is 17.4 Å². The molecule has 0 aliphatic rings. The molecule has 2 aromatic heterocycles. The van der Waals surface area contributed by atoms with Crippen LogP contribution in [-0.2, 0) is 6.42 Å². The van der Waals surface area contributed by atoms with Crippen molar-refractivity contribution in [2.75, 3.05) is 11.1 Å². The van der Waals surface area contributed by atoms with Crippen LogP contribution in [0.25, 0.3) is 11.3 Å². The number of para-hydroxylation sites is 1. The first kappa shape index (κ1) is 17.1. The van der Waals surface area contributed by atoms with Gasteiger partial charge in [-0.05, 0) is 35.1 Å². The van der Waals surface area contributed by atoms with Gasteiger partial charge in [-0.3, -0.25) is 4.79 Å². The van der Waals surface area contributed by atoms with Crippen molar-refractivity contribution >= 4 is 28.8 Å². The van der Waals surface area contributed by atoms with E-state index in [1.807, 2.05) is 59.3 Å². The van der Waals surface area contributed by atoms with E-state index >= 15 is 0 Å². The Labute approximate surface area is 160 Å². The van der Waals surface area contributed by atoms with Gasteiger partial charge in [0.1, 0.15) is 11.3 Å². The molecule has 0 saturated carbocycles. The van der Waals surface area contributed by atoms with E-state index in [2.05, 4.69) is 22.6 Å². The number of nitrogens with two attached hydrogens (primary N) is 1. The summed E-state index contributed by atoms with van der Waals surface area (Å²) in [5.41, 5.74) is 10.3. The van der Waals surface area contributed by atoms with E-state index in [1.54, 1.807) is 0 Å². The highest BCUT2D eigenvalue weighted by molar-refractivity contribution is 7.08. The van der Waals surface area contributed by atoms with Gasteiger partial charge in [-0.1, -0.05) is 53.7 Å². The van der Waals surface area contributed by atoms with Crippen LogP contribution in [0.3, 0.4) is 0 Å². The van der Waals surface area contributed by atoms with Gasteiger partial charge >= 0.3 is 0 Å². The summed E-state index contributed by atoms with van der Waals surface area (Å²) in [6.45, 7) is 0. The van der Waals surface area contributed by atoms with Crippen molar-refractivity contribution in [2.45, 2.75) is 6.42 Å². The number of nitrogens with one attached hydrogen (secondary N) is 1. The number of carbonyl (C=O) groups is 1. The predicted molar refractivity (Wildman–Crippen MR) is 108 cm³/mol. The van der Waals surface area contributed by atoms with Gasteiger partial charge in [0.15, 0.2) is 0 Å². The largest absolute Gasteiger partial charge is 0.367 e. The van der Waals surface area contributed by atoms with Crippen molar-refractivity contribution in [3.05, 3.63) is 88.1 Å². The molecule has 0 atom stereocenters. The first-order valence-corrected chi connectivity index (χ1v) is 9.37. The molecule has 0 aliphatic heterocycles. The molecule has 0 radical (unpaired) electrons. The second kappa shape index (κ2) is 7.47. The van der Waals surface area contributed by atoms with Gasteiger partial charge in [0.05, 0.1) is 0 Å². The average molecular weight is 375 g/mol. The number of hydrogen-bond acceptors (Lipinski definition) is 5. The summed E-state index contributed by atoms with van der Waals surface area (Å²) in [5.74, 6) is -0.329. The molecule has 3 N–H and O–H groups in total. The number of carbonyl (C=O) groups excluding carboxylic acids is 1. The van der Waals surface area contributed by atoms with Gasteiger partial charge in [-0.25, -0.2) is 0 Å². The molecule has 6 heteroatoms. The Balaban J connectivity index is 1.62. The zero-order valence-corrected chi connectivity index (χ0v) is 15.2. The average Bonchev–Trinajstić information content (AvgIpc) is 3.33. The fraction of sp³-hybridized carbons (Fsp3) is 0.0476. The maximum Gasteiger partial charge on any atom is 0.263 e. The Hall–Kier alpha value is -3.38. The molecule has 2 aromatic carbocycles. The van der Waals surface area contributed by atoms with E-state index in [9.17, 15) is 4.79 Å². The van der Waals surface area contributed by atoms with Gasteiger partial charge in [-0.15, -0.1) is 0 Å². The van der Waals surface area contributed by atoms with Crippen LogP contribution in [0.1, 0.15) is 21.5 Å². The molecule has 0 aliphatic carbocycles. The fourth-order valence-electron chi connectivity index (χ4n) is 2.92. The monoisotopic (exact) mass is 375 g/mol. The Morgan fingerprint density at radius 2 is 1.85 bits per heavy atom. The highest BCUT2D eigenvalue weighted by Gasteiger charge is 2.23. The lowest BCUT2D eigenvalue weighted by Crippen LogP contribution is -2.15. The number of nitrogens with zero attached hydrogens (tertiary/aromatic N) is 1. The van der Waals surface area contributed by atoms with Gasteiger partial charge in [-0.2, -0.15) is 11.3 Å². The van der Waals surface area contributed by atoms with Gasteiger partial charge in [0.2, 0.25) is 5.88 Å². The van der Waals surface area contributed by atoms with Crippen molar-refractivity contribution in [3.63, 3.8) is 0 Å². The standard InChI is InChI=1S/C21H17N3O2S/c22-20-18(19(24-26-20)16-10-11-27-13-16)21(25)23-17-9-5-4-8-15(17)12-14-6-2-1-3-7-14/h1-11,13H,12,22H2,(H,23,25). The lowest BCUT2D eigenvalue weighted by Gasteiger charge is -2.11. The Kier molecular flexibility index (Phi) is 4.72. The molecule has 134 valence electrons. The zero-order valence-electron chi connectivity index (χ0n) is 14.4. The fourth-order valence-corrected chi connectivity index (χ4v) is 3.56. The summed E-state index contributed by atoms with van der Waals surface area (Å²) in [6, 6.07) is 19.7. The first-order chi connectivity index (χ1) is 13.2. The van der Waals surface area contributed by atoms with Crippen LogP contribution in [0.5, 0.6) is 0 Å². The maximum atomic E-state index is 12.9. The highest BCUT2D eigenvalue weighted by atomic mass is 32.1. The lowest BCUT2D eigenvalue weighted by atomic mass is 10.0. The van der Waals surface area contributed by atoms with E-state index in [0.717, 1.165) is 16.8 Å². The second-order valence-electron chi connectivity index (χ2n) is 6.06. The van der Waals surface area contributed by atoms with Gasteiger partial charge < -0.3 is 15.6 Å². The molecule has 2 heterocycles. The number of thiophene rings is 1. The zero-order chi connectivity index (χ0) is 18.6. The number of benzene rings is 2. The molecule has 0 saturated heterocycles. The summed E-state index contributed by atoms with van der Waals surface area (Å²) in [6.07, 6.45) is 0.716. The summed E-state index contributed by atoms with van der Waals surface area (Å²) in [5, 5.41) is 10.7. The van der Waals surface area contributed by atoms with Gasteiger partial charge in [0.25, 0.3) is 5.91 Å². The first-order valence-electron chi connectivity index (χ1n) is 8.43. The number of hydrogen-bond donors (Lipinski definition) is 2. The third-order valence-electron chi connectivity index (χ3n) is 4.24. The smallest absolute Gasteiger partial charge is 0.263 e. The molecule has 5 nitrogen and oxygen atoms in total. The Bertz CT molecular complexity index is 1060. The number of anilines is 2. The number of rotatable bonds is 5. The van der Waals surface area contributed by atoms with Crippen LogP contribution in [0.4, 0.5) is 11.6 Å². The van der Waals surface area contributed by atoms with E-state index in [4.69, 9.17) is 10.3 Å². The van der Waals surface area contributed by atoms with Crippen molar-refractivity contribution in [1.82, 2.24) is 5.16 Å². The van der Waals surface area contributed by atoms with Crippen LogP contribution < -0.4 is 11.1 Å². The van der Waals surface area contributed by atoms with Crippen molar-refractivity contribution in [1.29, 1.82) is 0 Å². The molecule has 0 spiro atoms. The third kappa shape index (κ3) is 3.61. The van der Waals surface area contributed by atoms with Crippen molar-refractivity contribution in [3.8, 4) is 11.3 Å². The molecule has 0 bridgehead atoms. The second-order valence-corrected chi connectivity index (χ2v) is 6.84. The molecule has 0 fully saturated rings. The van der Waals surface area contributed by atoms with Crippen LogP contribution >= 0.6 is 11.3 Å². The van der Waals surface area contributed by atoms with Gasteiger partial charge in [0, 0.05) is 16.6 Å². The summed E-state index contributed by atoms with van der Waals surface area (Å²) in [4.78, 5) is 12.9. The molecule has 4 aromatic rings. The normalized spacial score (nSPS) is 10.7. The number of amides is 1. The van der Waals surface area contributed by atoms with E-state index < -0.39 is 0 Å². The third-order valence-corrected chi connectivity index (χ3v) is 4.93.